The number of halogens is 1. The van der Waals surface area contributed by atoms with Crippen LogP contribution in [0.3, 0.4) is 0 Å². The molecular weight excluding hydrogens is 473 g/mol. The number of ether oxygens (including phenoxy) is 3. The molecule has 6 rings (SSSR count). The van der Waals surface area contributed by atoms with Crippen LogP contribution in [-0.4, -0.2) is 61.3 Å². The van der Waals surface area contributed by atoms with Gasteiger partial charge in [-0.2, -0.15) is 5.26 Å². The van der Waals surface area contributed by atoms with Gasteiger partial charge in [0.2, 0.25) is 0 Å². The van der Waals surface area contributed by atoms with E-state index in [0.29, 0.717) is 74.3 Å². The zero-order chi connectivity index (χ0) is 25.2. The summed E-state index contributed by atoms with van der Waals surface area (Å²) in [7, 11) is 0. The maximum atomic E-state index is 15.0. The molecule has 188 valence electrons. The monoisotopic (exact) mass is 499 g/mol. The van der Waals surface area contributed by atoms with Gasteiger partial charge in [-0.25, -0.2) is 19.4 Å². The van der Waals surface area contributed by atoms with Crippen LogP contribution >= 0.6 is 0 Å². The number of aromatic nitrogens is 2. The number of fused-ring (bicyclic) bond motifs is 1. The minimum absolute atomic E-state index is 0.0391. The van der Waals surface area contributed by atoms with E-state index in [9.17, 15) is 5.26 Å². The van der Waals surface area contributed by atoms with Crippen LogP contribution in [0.2, 0.25) is 0 Å². The van der Waals surface area contributed by atoms with Crippen LogP contribution in [0.5, 0.6) is 5.75 Å². The van der Waals surface area contributed by atoms with Gasteiger partial charge in [0.15, 0.2) is 0 Å². The highest BCUT2D eigenvalue weighted by atomic mass is 19.1. The van der Waals surface area contributed by atoms with Crippen molar-refractivity contribution in [3.05, 3.63) is 65.4 Å². The number of anilines is 1. The molecule has 3 aliphatic rings. The van der Waals surface area contributed by atoms with Gasteiger partial charge in [0.05, 0.1) is 54.8 Å². The van der Waals surface area contributed by atoms with Crippen molar-refractivity contribution < 1.29 is 18.6 Å². The predicted molar refractivity (Wildman–Crippen MR) is 136 cm³/mol. The van der Waals surface area contributed by atoms with Gasteiger partial charge >= 0.3 is 0 Å². The second-order valence-corrected chi connectivity index (χ2v) is 9.27. The number of hydrogen-bond acceptors (Lipinski definition) is 8. The van der Waals surface area contributed by atoms with Gasteiger partial charge in [-0.05, 0) is 35.9 Å². The molecule has 3 aliphatic heterocycles. The SMILES string of the molecule is N#Cc1cc(-c2ncnc3c2N=C(c2ccc(N4CCOCC4)c(F)c2)C3)ccc1OC1CCOCC1. The van der Waals surface area contributed by atoms with Gasteiger partial charge in [0.1, 0.15) is 35.8 Å². The molecule has 0 spiro atoms. The molecule has 9 heteroatoms. The van der Waals surface area contributed by atoms with Crippen molar-refractivity contribution in [2.45, 2.75) is 25.4 Å². The Balaban J connectivity index is 1.28. The first-order chi connectivity index (χ1) is 18.2. The summed E-state index contributed by atoms with van der Waals surface area (Å²) < 4.78 is 31.9. The summed E-state index contributed by atoms with van der Waals surface area (Å²) in [5, 5.41) is 9.79. The highest BCUT2D eigenvalue weighted by Crippen LogP contribution is 2.38. The number of benzene rings is 2. The van der Waals surface area contributed by atoms with Crippen molar-refractivity contribution >= 4 is 17.1 Å². The summed E-state index contributed by atoms with van der Waals surface area (Å²) in [4.78, 5) is 15.7. The van der Waals surface area contributed by atoms with Crippen LogP contribution in [0.15, 0.2) is 47.7 Å². The Morgan fingerprint density at radius 3 is 2.54 bits per heavy atom. The third-order valence-corrected chi connectivity index (χ3v) is 6.95. The van der Waals surface area contributed by atoms with E-state index in [1.807, 2.05) is 29.2 Å². The Kier molecular flexibility index (Phi) is 6.51. The van der Waals surface area contributed by atoms with Gasteiger partial charge in [0.25, 0.3) is 0 Å². The molecule has 3 aromatic rings. The van der Waals surface area contributed by atoms with Crippen LogP contribution in [-0.2, 0) is 15.9 Å². The summed E-state index contributed by atoms with van der Waals surface area (Å²) in [6, 6.07) is 13.0. The molecule has 1 aromatic heterocycles. The molecule has 2 fully saturated rings. The zero-order valence-corrected chi connectivity index (χ0v) is 20.3. The number of morpholine rings is 1. The number of rotatable bonds is 5. The molecule has 0 unspecified atom stereocenters. The van der Waals surface area contributed by atoms with Gasteiger partial charge in [-0.3, -0.25) is 0 Å². The molecule has 2 aromatic carbocycles. The number of hydrogen-bond donors (Lipinski definition) is 0. The topological polar surface area (TPSA) is 92.9 Å². The summed E-state index contributed by atoms with van der Waals surface area (Å²) in [6.07, 6.45) is 3.64. The van der Waals surface area contributed by atoms with E-state index in [0.717, 1.165) is 35.4 Å². The third kappa shape index (κ3) is 4.78. The molecule has 37 heavy (non-hydrogen) atoms. The first-order valence-corrected chi connectivity index (χ1v) is 12.5. The first-order valence-electron chi connectivity index (χ1n) is 12.5. The lowest BCUT2D eigenvalue weighted by Gasteiger charge is -2.29. The molecule has 8 nitrogen and oxygen atoms in total. The predicted octanol–water partition coefficient (Wildman–Crippen LogP) is 4.23. The van der Waals surface area contributed by atoms with Gasteiger partial charge in [-0.15, -0.1) is 0 Å². The van der Waals surface area contributed by atoms with Crippen molar-refractivity contribution in [2.75, 3.05) is 44.4 Å². The van der Waals surface area contributed by atoms with Crippen LogP contribution in [0.25, 0.3) is 11.3 Å². The van der Waals surface area contributed by atoms with Crippen LogP contribution in [0.1, 0.15) is 29.7 Å². The average molecular weight is 500 g/mol. The van der Waals surface area contributed by atoms with Crippen molar-refractivity contribution in [3.8, 4) is 23.1 Å². The molecular formula is C28H26FN5O3. The standard InChI is InChI=1S/C28H26FN5O3/c29-22-14-18(1-3-25(22)34-7-11-36-12-8-34)23-15-24-28(33-23)27(32-17-31-24)19-2-4-26(20(13-19)16-30)37-21-5-9-35-10-6-21/h1-4,13-14,17,21H,5-12,15H2. The molecule has 0 atom stereocenters. The van der Waals surface area contributed by atoms with Crippen LogP contribution < -0.4 is 9.64 Å². The largest absolute Gasteiger partial charge is 0.489 e. The Morgan fingerprint density at radius 2 is 1.76 bits per heavy atom. The second kappa shape index (κ2) is 10.2. The smallest absolute Gasteiger partial charge is 0.147 e. The fourth-order valence-electron chi connectivity index (χ4n) is 4.96. The Labute approximate surface area is 214 Å². The second-order valence-electron chi connectivity index (χ2n) is 9.27. The number of aliphatic imine (C=N–C) groups is 1. The fraction of sp³-hybridized carbons (Fsp3) is 0.357. The lowest BCUT2D eigenvalue weighted by atomic mass is 10.0. The van der Waals surface area contributed by atoms with E-state index >= 15 is 4.39 Å². The first kappa shape index (κ1) is 23.5. The lowest BCUT2D eigenvalue weighted by Crippen LogP contribution is -2.36. The van der Waals surface area contributed by atoms with Gasteiger partial charge in [-0.1, -0.05) is 6.07 Å². The average Bonchev–Trinajstić information content (AvgIpc) is 3.39. The minimum atomic E-state index is -0.275. The summed E-state index contributed by atoms with van der Waals surface area (Å²) in [5.41, 5.74) is 5.30. The molecule has 0 bridgehead atoms. The van der Waals surface area contributed by atoms with E-state index in [4.69, 9.17) is 19.2 Å². The Morgan fingerprint density at radius 1 is 0.973 bits per heavy atom. The van der Waals surface area contributed by atoms with Gasteiger partial charge in [0, 0.05) is 37.9 Å². The molecule has 0 radical (unpaired) electrons. The summed E-state index contributed by atoms with van der Waals surface area (Å²) in [6.45, 7) is 3.87. The highest BCUT2D eigenvalue weighted by molar-refractivity contribution is 6.07. The Bertz CT molecular complexity index is 1390. The van der Waals surface area contributed by atoms with Crippen molar-refractivity contribution in [1.82, 2.24) is 9.97 Å². The normalized spacial score (nSPS) is 17.7. The van der Waals surface area contributed by atoms with E-state index in [1.54, 1.807) is 12.1 Å². The third-order valence-electron chi connectivity index (χ3n) is 6.95. The molecule has 0 saturated carbocycles. The number of nitrogens with zero attached hydrogens (tertiary/aromatic N) is 5. The van der Waals surface area contributed by atoms with E-state index < -0.39 is 0 Å². The minimum Gasteiger partial charge on any atom is -0.489 e. The van der Waals surface area contributed by atoms with Crippen molar-refractivity contribution in [1.29, 1.82) is 5.26 Å². The molecule has 4 heterocycles. The molecule has 0 aliphatic carbocycles. The quantitative estimate of drug-likeness (QED) is 0.519. The van der Waals surface area contributed by atoms with Crippen molar-refractivity contribution in [3.63, 3.8) is 0 Å². The molecule has 0 amide bonds. The maximum Gasteiger partial charge on any atom is 0.147 e. The maximum absolute atomic E-state index is 15.0. The summed E-state index contributed by atoms with van der Waals surface area (Å²) >= 11 is 0. The van der Waals surface area contributed by atoms with E-state index in [2.05, 4.69) is 16.0 Å². The van der Waals surface area contributed by atoms with Crippen molar-refractivity contribution in [2.24, 2.45) is 4.99 Å². The highest BCUT2D eigenvalue weighted by Gasteiger charge is 2.24. The van der Waals surface area contributed by atoms with E-state index in [1.165, 1.54) is 6.33 Å². The number of nitriles is 1. The fourth-order valence-corrected chi connectivity index (χ4v) is 4.96. The lowest BCUT2D eigenvalue weighted by molar-refractivity contribution is 0.0254. The summed E-state index contributed by atoms with van der Waals surface area (Å²) in [5.74, 6) is 0.284. The van der Waals surface area contributed by atoms with Gasteiger partial charge < -0.3 is 19.1 Å². The zero-order valence-electron chi connectivity index (χ0n) is 20.3. The van der Waals surface area contributed by atoms with Crippen LogP contribution in [0.4, 0.5) is 15.8 Å². The molecule has 0 N–H and O–H groups in total. The Hall–Kier alpha value is -3.87. The van der Waals surface area contributed by atoms with E-state index in [-0.39, 0.29) is 11.9 Å². The molecule has 2 saturated heterocycles. The van der Waals surface area contributed by atoms with Crippen LogP contribution in [0, 0.1) is 17.1 Å².